The number of piperazine rings is 1. The van der Waals surface area contributed by atoms with E-state index in [0.29, 0.717) is 12.3 Å². The average molecular weight is 262 g/mol. The third-order valence-electron chi connectivity index (χ3n) is 4.03. The number of hydrogen-bond acceptors (Lipinski definition) is 2. The summed E-state index contributed by atoms with van der Waals surface area (Å²) in [5.74, 6) is 2.98. The van der Waals surface area contributed by atoms with Gasteiger partial charge in [0.1, 0.15) is 12.1 Å². The van der Waals surface area contributed by atoms with Gasteiger partial charge in [-0.2, -0.15) is 0 Å². The van der Waals surface area contributed by atoms with E-state index < -0.39 is 6.04 Å². The number of amides is 2. The Morgan fingerprint density at radius 2 is 2.11 bits per heavy atom. The van der Waals surface area contributed by atoms with Crippen LogP contribution in [0, 0.1) is 18.3 Å². The van der Waals surface area contributed by atoms with Crippen LogP contribution in [-0.4, -0.2) is 34.8 Å². The van der Waals surface area contributed by atoms with Gasteiger partial charge < -0.3 is 10.2 Å². The van der Waals surface area contributed by atoms with Crippen LogP contribution in [0.3, 0.4) is 0 Å². The third kappa shape index (κ3) is 2.60. The molecule has 2 rings (SSSR count). The van der Waals surface area contributed by atoms with Crippen LogP contribution in [0.4, 0.5) is 0 Å². The monoisotopic (exact) mass is 262 g/mol. The Hall–Kier alpha value is -1.50. The lowest BCUT2D eigenvalue weighted by molar-refractivity contribution is -0.151. The summed E-state index contributed by atoms with van der Waals surface area (Å²) in [7, 11) is 0. The Morgan fingerprint density at radius 1 is 1.42 bits per heavy atom. The predicted octanol–water partition coefficient (Wildman–Crippen LogP) is 1.30. The fourth-order valence-corrected chi connectivity index (χ4v) is 2.83. The molecule has 1 aliphatic carbocycles. The van der Waals surface area contributed by atoms with Gasteiger partial charge >= 0.3 is 0 Å². The van der Waals surface area contributed by atoms with E-state index >= 15 is 0 Å². The Morgan fingerprint density at radius 3 is 2.58 bits per heavy atom. The first kappa shape index (κ1) is 13.9. The quantitative estimate of drug-likeness (QED) is 0.759. The molecule has 2 aliphatic rings. The van der Waals surface area contributed by atoms with Gasteiger partial charge in [0.2, 0.25) is 11.8 Å². The molecule has 0 bridgehead atoms. The van der Waals surface area contributed by atoms with Crippen molar-refractivity contribution in [2.24, 2.45) is 5.92 Å². The molecule has 1 saturated carbocycles. The van der Waals surface area contributed by atoms with E-state index in [1.165, 1.54) is 0 Å². The Kier molecular flexibility index (Phi) is 4.14. The number of carbonyl (C=O) groups excluding carboxylic acids is 2. The lowest BCUT2D eigenvalue weighted by Gasteiger charge is -2.41. The number of carbonyl (C=O) groups is 2. The normalized spacial score (nSPS) is 28.8. The van der Waals surface area contributed by atoms with Crippen LogP contribution < -0.4 is 5.32 Å². The molecular weight excluding hydrogens is 240 g/mol. The first-order valence-corrected chi connectivity index (χ1v) is 7.22. The van der Waals surface area contributed by atoms with E-state index in [1.54, 1.807) is 4.90 Å². The minimum atomic E-state index is -0.407. The first-order valence-electron chi connectivity index (χ1n) is 7.22. The predicted molar refractivity (Wildman–Crippen MR) is 73.1 cm³/mol. The van der Waals surface area contributed by atoms with Gasteiger partial charge in [-0.25, -0.2) is 0 Å². The SMILES string of the molecule is C#CC(CCC)N1C(=O)C(C2CC2)NC(=O)C1CC. The molecule has 0 spiro atoms. The van der Waals surface area contributed by atoms with E-state index in [4.69, 9.17) is 6.42 Å². The van der Waals surface area contributed by atoms with Gasteiger partial charge in [0.05, 0.1) is 6.04 Å². The Balaban J connectivity index is 2.25. The number of nitrogens with zero attached hydrogens (tertiary/aromatic N) is 1. The van der Waals surface area contributed by atoms with Gasteiger partial charge in [0.15, 0.2) is 0 Å². The first-order chi connectivity index (χ1) is 9.13. The van der Waals surface area contributed by atoms with Crippen LogP contribution >= 0.6 is 0 Å². The fourth-order valence-electron chi connectivity index (χ4n) is 2.83. The Labute approximate surface area is 114 Å². The summed E-state index contributed by atoms with van der Waals surface area (Å²) in [5, 5.41) is 2.88. The minimum Gasteiger partial charge on any atom is -0.342 e. The van der Waals surface area contributed by atoms with Crippen molar-refractivity contribution in [3.8, 4) is 12.3 Å². The molecule has 104 valence electrons. The molecule has 1 aliphatic heterocycles. The summed E-state index contributed by atoms with van der Waals surface area (Å²) in [6.45, 7) is 3.96. The van der Waals surface area contributed by atoms with Crippen molar-refractivity contribution in [2.75, 3.05) is 0 Å². The Bertz CT molecular complexity index is 409. The second-order valence-corrected chi connectivity index (χ2v) is 5.46. The van der Waals surface area contributed by atoms with Crippen LogP contribution in [0.5, 0.6) is 0 Å². The van der Waals surface area contributed by atoms with Crippen molar-refractivity contribution < 1.29 is 9.59 Å². The van der Waals surface area contributed by atoms with Crippen molar-refractivity contribution in [1.82, 2.24) is 10.2 Å². The number of rotatable bonds is 5. The molecule has 1 saturated heterocycles. The van der Waals surface area contributed by atoms with Crippen molar-refractivity contribution in [3.63, 3.8) is 0 Å². The molecule has 3 atom stereocenters. The van der Waals surface area contributed by atoms with E-state index in [2.05, 4.69) is 11.2 Å². The van der Waals surface area contributed by atoms with Gasteiger partial charge in [-0.1, -0.05) is 26.2 Å². The van der Waals surface area contributed by atoms with Crippen molar-refractivity contribution in [3.05, 3.63) is 0 Å². The summed E-state index contributed by atoms with van der Waals surface area (Å²) < 4.78 is 0. The summed E-state index contributed by atoms with van der Waals surface area (Å²) in [6, 6.07) is -1.01. The second-order valence-electron chi connectivity index (χ2n) is 5.46. The third-order valence-corrected chi connectivity index (χ3v) is 4.03. The van der Waals surface area contributed by atoms with Gasteiger partial charge in [-0.3, -0.25) is 9.59 Å². The standard InChI is InChI=1S/C15H22N2O2/c1-4-7-11(5-2)17-12(6-3)14(18)16-13(15(17)19)10-8-9-10/h2,10-13H,4,6-9H2,1,3H3,(H,16,18). The van der Waals surface area contributed by atoms with Crippen LogP contribution in [0.15, 0.2) is 0 Å². The van der Waals surface area contributed by atoms with Crippen molar-refractivity contribution in [2.45, 2.75) is 64.1 Å². The van der Waals surface area contributed by atoms with Crippen LogP contribution in [0.2, 0.25) is 0 Å². The molecule has 1 heterocycles. The molecule has 0 radical (unpaired) electrons. The minimum absolute atomic E-state index is 0.0188. The summed E-state index contributed by atoms with van der Waals surface area (Å²) in [6.07, 6.45) is 9.89. The summed E-state index contributed by atoms with van der Waals surface area (Å²) >= 11 is 0. The molecule has 19 heavy (non-hydrogen) atoms. The average Bonchev–Trinajstić information content (AvgIpc) is 3.22. The molecule has 0 aromatic rings. The zero-order valence-corrected chi connectivity index (χ0v) is 11.7. The second kappa shape index (κ2) is 5.64. The lowest BCUT2D eigenvalue weighted by Crippen LogP contribution is -2.66. The maximum absolute atomic E-state index is 12.6. The van der Waals surface area contributed by atoms with Gasteiger partial charge in [-0.15, -0.1) is 6.42 Å². The highest BCUT2D eigenvalue weighted by molar-refractivity contribution is 5.97. The summed E-state index contributed by atoms with van der Waals surface area (Å²) in [5.41, 5.74) is 0. The number of nitrogens with one attached hydrogen (secondary N) is 1. The molecular formula is C15H22N2O2. The van der Waals surface area contributed by atoms with E-state index in [1.807, 2.05) is 13.8 Å². The highest BCUT2D eigenvalue weighted by atomic mass is 16.2. The molecule has 4 nitrogen and oxygen atoms in total. The molecule has 0 aromatic heterocycles. The highest BCUT2D eigenvalue weighted by Crippen LogP contribution is 2.36. The smallest absolute Gasteiger partial charge is 0.247 e. The van der Waals surface area contributed by atoms with Crippen molar-refractivity contribution >= 4 is 11.8 Å². The maximum Gasteiger partial charge on any atom is 0.247 e. The van der Waals surface area contributed by atoms with E-state index in [0.717, 1.165) is 25.7 Å². The largest absolute Gasteiger partial charge is 0.342 e. The zero-order chi connectivity index (χ0) is 14.0. The summed E-state index contributed by atoms with van der Waals surface area (Å²) in [4.78, 5) is 26.5. The maximum atomic E-state index is 12.6. The molecule has 2 amide bonds. The van der Waals surface area contributed by atoms with E-state index in [-0.39, 0.29) is 23.9 Å². The van der Waals surface area contributed by atoms with Crippen LogP contribution in [0.25, 0.3) is 0 Å². The molecule has 2 fully saturated rings. The topological polar surface area (TPSA) is 49.4 Å². The highest BCUT2D eigenvalue weighted by Gasteiger charge is 2.47. The van der Waals surface area contributed by atoms with Crippen LogP contribution in [-0.2, 0) is 9.59 Å². The van der Waals surface area contributed by atoms with Crippen molar-refractivity contribution in [1.29, 1.82) is 0 Å². The van der Waals surface area contributed by atoms with Gasteiger partial charge in [0, 0.05) is 0 Å². The molecule has 4 heteroatoms. The van der Waals surface area contributed by atoms with E-state index in [9.17, 15) is 9.59 Å². The fraction of sp³-hybridized carbons (Fsp3) is 0.733. The number of hydrogen-bond donors (Lipinski definition) is 1. The molecule has 3 unspecified atom stereocenters. The number of terminal acetylenes is 1. The zero-order valence-electron chi connectivity index (χ0n) is 11.7. The molecule has 0 aromatic carbocycles. The lowest BCUT2D eigenvalue weighted by atomic mass is 9.98. The van der Waals surface area contributed by atoms with Gasteiger partial charge in [-0.05, 0) is 31.6 Å². The molecule has 1 N–H and O–H groups in total. The van der Waals surface area contributed by atoms with Crippen LogP contribution in [0.1, 0.15) is 46.0 Å². The van der Waals surface area contributed by atoms with Gasteiger partial charge in [0.25, 0.3) is 0 Å².